The van der Waals surface area contributed by atoms with Crippen LogP contribution in [0.5, 0.6) is 5.75 Å². The Balaban J connectivity index is 1.76. The highest BCUT2D eigenvalue weighted by Gasteiger charge is 2.21. The van der Waals surface area contributed by atoms with Gasteiger partial charge >= 0.3 is 0 Å². The molecule has 2 aromatic rings. The van der Waals surface area contributed by atoms with E-state index in [1.807, 2.05) is 12.1 Å². The fourth-order valence-electron chi connectivity index (χ4n) is 3.15. The SMILES string of the molecule is COc1ccc(CCC2=C(CCO)c3ccc(Br)cc3C2)nc1. The van der Waals surface area contributed by atoms with Gasteiger partial charge in [-0.15, -0.1) is 0 Å². The number of ether oxygens (including phenoxy) is 1. The molecule has 0 spiro atoms. The van der Waals surface area contributed by atoms with E-state index in [9.17, 15) is 5.11 Å². The van der Waals surface area contributed by atoms with Crippen LogP contribution in [-0.2, 0) is 12.8 Å². The third-order valence-corrected chi connectivity index (χ3v) is 4.79. The summed E-state index contributed by atoms with van der Waals surface area (Å²) in [4.78, 5) is 4.44. The molecule has 4 heteroatoms. The smallest absolute Gasteiger partial charge is 0.137 e. The van der Waals surface area contributed by atoms with Crippen LogP contribution in [-0.4, -0.2) is 23.8 Å². The summed E-state index contributed by atoms with van der Waals surface area (Å²) < 4.78 is 6.25. The van der Waals surface area contributed by atoms with Crippen LogP contribution in [0.1, 0.15) is 29.7 Å². The van der Waals surface area contributed by atoms with Crippen molar-refractivity contribution < 1.29 is 9.84 Å². The lowest BCUT2D eigenvalue weighted by molar-refractivity contribution is 0.305. The molecule has 1 aliphatic rings. The fourth-order valence-corrected chi connectivity index (χ4v) is 3.56. The van der Waals surface area contributed by atoms with Crippen LogP contribution in [0.2, 0.25) is 0 Å². The summed E-state index contributed by atoms with van der Waals surface area (Å²) in [5.41, 5.74) is 6.44. The molecule has 120 valence electrons. The number of aryl methyl sites for hydroxylation is 1. The summed E-state index contributed by atoms with van der Waals surface area (Å²) >= 11 is 3.54. The fraction of sp³-hybridized carbons (Fsp3) is 0.316. The normalized spacial score (nSPS) is 13.3. The predicted molar refractivity (Wildman–Crippen MR) is 95.6 cm³/mol. The number of aliphatic hydroxyl groups excluding tert-OH is 1. The minimum Gasteiger partial charge on any atom is -0.495 e. The number of aromatic nitrogens is 1. The van der Waals surface area contributed by atoms with Gasteiger partial charge in [0.15, 0.2) is 0 Å². The minimum atomic E-state index is 0.190. The van der Waals surface area contributed by atoms with Gasteiger partial charge in [-0.05, 0) is 66.6 Å². The van der Waals surface area contributed by atoms with Gasteiger partial charge in [0.05, 0.1) is 13.3 Å². The average Bonchev–Trinajstić information content (AvgIpc) is 2.90. The van der Waals surface area contributed by atoms with E-state index in [0.29, 0.717) is 0 Å². The zero-order chi connectivity index (χ0) is 16.2. The summed E-state index contributed by atoms with van der Waals surface area (Å²) in [5, 5.41) is 9.40. The summed E-state index contributed by atoms with van der Waals surface area (Å²) in [6.07, 6.45) is 5.34. The van der Waals surface area contributed by atoms with Crippen LogP contribution in [0.15, 0.2) is 46.6 Å². The molecule has 0 radical (unpaired) electrons. The van der Waals surface area contributed by atoms with Gasteiger partial charge in [-0.3, -0.25) is 4.98 Å². The van der Waals surface area contributed by atoms with Crippen molar-refractivity contribution in [1.82, 2.24) is 4.98 Å². The van der Waals surface area contributed by atoms with Crippen LogP contribution < -0.4 is 4.74 Å². The lowest BCUT2D eigenvalue weighted by atomic mass is 10.00. The number of benzene rings is 1. The van der Waals surface area contributed by atoms with Gasteiger partial charge in [-0.1, -0.05) is 27.6 Å². The molecule has 0 atom stereocenters. The Morgan fingerprint density at radius 1 is 1.17 bits per heavy atom. The van der Waals surface area contributed by atoms with Crippen molar-refractivity contribution in [1.29, 1.82) is 0 Å². The van der Waals surface area contributed by atoms with Crippen molar-refractivity contribution in [3.63, 3.8) is 0 Å². The number of rotatable bonds is 6. The van der Waals surface area contributed by atoms with E-state index in [-0.39, 0.29) is 6.61 Å². The first-order valence-corrected chi connectivity index (χ1v) is 8.60. The van der Waals surface area contributed by atoms with E-state index >= 15 is 0 Å². The number of hydrogen-bond donors (Lipinski definition) is 1. The second-order valence-electron chi connectivity index (χ2n) is 5.72. The highest BCUT2D eigenvalue weighted by molar-refractivity contribution is 9.10. The molecule has 1 aromatic heterocycles. The van der Waals surface area contributed by atoms with Crippen LogP contribution >= 0.6 is 15.9 Å². The number of methoxy groups -OCH3 is 1. The van der Waals surface area contributed by atoms with Gasteiger partial charge in [0.25, 0.3) is 0 Å². The Morgan fingerprint density at radius 2 is 2.04 bits per heavy atom. The predicted octanol–water partition coefficient (Wildman–Crippen LogP) is 4.18. The molecule has 0 unspecified atom stereocenters. The standard InChI is InChI=1S/C19H20BrNO2/c1-23-17-6-5-16(21-12-17)4-2-13-10-14-11-15(20)3-7-18(14)19(13)8-9-22/h3,5-7,11-12,22H,2,4,8-10H2,1H3. The molecule has 0 saturated carbocycles. The lowest BCUT2D eigenvalue weighted by Crippen LogP contribution is -1.95. The van der Waals surface area contributed by atoms with Crippen molar-refractivity contribution in [2.75, 3.05) is 13.7 Å². The van der Waals surface area contributed by atoms with Crippen LogP contribution in [0.3, 0.4) is 0 Å². The van der Waals surface area contributed by atoms with Crippen LogP contribution in [0, 0.1) is 0 Å². The molecule has 1 aliphatic carbocycles. The molecule has 0 aliphatic heterocycles. The molecule has 3 rings (SSSR count). The van der Waals surface area contributed by atoms with E-state index in [1.54, 1.807) is 13.3 Å². The van der Waals surface area contributed by atoms with Gasteiger partial charge in [0.2, 0.25) is 0 Å². The zero-order valence-corrected chi connectivity index (χ0v) is 14.8. The Bertz CT molecular complexity index is 723. The molecule has 0 saturated heterocycles. The summed E-state index contributed by atoms with van der Waals surface area (Å²) in [6, 6.07) is 10.4. The van der Waals surface area contributed by atoms with E-state index in [0.717, 1.165) is 41.6 Å². The number of hydrogen-bond acceptors (Lipinski definition) is 3. The first-order valence-electron chi connectivity index (χ1n) is 7.80. The molecule has 0 bridgehead atoms. The second-order valence-corrected chi connectivity index (χ2v) is 6.64. The third-order valence-electron chi connectivity index (χ3n) is 4.30. The first kappa shape index (κ1) is 16.2. The molecule has 1 aromatic carbocycles. The van der Waals surface area contributed by atoms with Gasteiger partial charge in [0, 0.05) is 16.8 Å². The highest BCUT2D eigenvalue weighted by atomic mass is 79.9. The van der Waals surface area contributed by atoms with Crippen molar-refractivity contribution in [3.8, 4) is 5.75 Å². The van der Waals surface area contributed by atoms with Crippen molar-refractivity contribution in [2.45, 2.75) is 25.7 Å². The zero-order valence-electron chi connectivity index (χ0n) is 13.2. The maximum Gasteiger partial charge on any atom is 0.137 e. The molecule has 0 fully saturated rings. The Morgan fingerprint density at radius 3 is 2.74 bits per heavy atom. The molecule has 3 nitrogen and oxygen atoms in total. The Labute approximate surface area is 145 Å². The molecule has 1 N–H and O–H groups in total. The van der Waals surface area contributed by atoms with Crippen molar-refractivity contribution in [2.24, 2.45) is 0 Å². The summed E-state index contributed by atoms with van der Waals surface area (Å²) in [6.45, 7) is 0.190. The lowest BCUT2D eigenvalue weighted by Gasteiger charge is -2.08. The quantitative estimate of drug-likeness (QED) is 0.825. The number of nitrogens with zero attached hydrogens (tertiary/aromatic N) is 1. The second kappa shape index (κ2) is 7.28. The number of pyridine rings is 1. The molecule has 1 heterocycles. The van der Waals surface area contributed by atoms with E-state index in [2.05, 4.69) is 39.1 Å². The van der Waals surface area contributed by atoms with E-state index in [4.69, 9.17) is 4.74 Å². The van der Waals surface area contributed by atoms with E-state index in [1.165, 1.54) is 22.3 Å². The first-order chi connectivity index (χ1) is 11.2. The average molecular weight is 374 g/mol. The maximum absolute atomic E-state index is 9.40. The van der Waals surface area contributed by atoms with E-state index < -0.39 is 0 Å². The Hall–Kier alpha value is -1.65. The number of halogens is 1. The topological polar surface area (TPSA) is 42.4 Å². The molecular formula is C19H20BrNO2. The van der Waals surface area contributed by atoms with Crippen LogP contribution in [0.4, 0.5) is 0 Å². The highest BCUT2D eigenvalue weighted by Crippen LogP contribution is 2.38. The minimum absolute atomic E-state index is 0.190. The largest absolute Gasteiger partial charge is 0.495 e. The van der Waals surface area contributed by atoms with Gasteiger partial charge in [-0.25, -0.2) is 0 Å². The number of aliphatic hydroxyl groups is 1. The molecule has 23 heavy (non-hydrogen) atoms. The summed E-state index contributed by atoms with van der Waals surface area (Å²) in [7, 11) is 1.65. The third kappa shape index (κ3) is 3.65. The van der Waals surface area contributed by atoms with Crippen molar-refractivity contribution in [3.05, 3.63) is 63.4 Å². The monoisotopic (exact) mass is 373 g/mol. The number of allylic oxidation sites excluding steroid dienone is 1. The van der Waals surface area contributed by atoms with Gasteiger partial charge in [0.1, 0.15) is 5.75 Å². The van der Waals surface area contributed by atoms with Gasteiger partial charge in [-0.2, -0.15) is 0 Å². The molecule has 0 amide bonds. The van der Waals surface area contributed by atoms with Crippen LogP contribution in [0.25, 0.3) is 5.57 Å². The molecular weight excluding hydrogens is 354 g/mol. The maximum atomic E-state index is 9.40. The number of fused-ring (bicyclic) bond motifs is 1. The van der Waals surface area contributed by atoms with Crippen molar-refractivity contribution >= 4 is 21.5 Å². The Kier molecular flexibility index (Phi) is 5.13. The summed E-state index contributed by atoms with van der Waals surface area (Å²) in [5.74, 6) is 0.784. The van der Waals surface area contributed by atoms with Gasteiger partial charge < -0.3 is 9.84 Å².